The van der Waals surface area contributed by atoms with Gasteiger partial charge in [0.05, 0.1) is 19.8 Å². The molecule has 0 aromatic heterocycles. The zero-order chi connectivity index (χ0) is 19.9. The van der Waals surface area contributed by atoms with Crippen LogP contribution in [0.2, 0.25) is 0 Å². The fraction of sp³-hybridized carbons (Fsp3) is 0.409. The summed E-state index contributed by atoms with van der Waals surface area (Å²) in [6.07, 6.45) is 0.845. The highest BCUT2D eigenvalue weighted by atomic mass is 19.1. The maximum absolute atomic E-state index is 13.2. The van der Waals surface area contributed by atoms with Crippen LogP contribution in [-0.4, -0.2) is 50.8 Å². The Morgan fingerprint density at radius 2 is 1.89 bits per heavy atom. The first-order chi connectivity index (χ1) is 13.6. The van der Waals surface area contributed by atoms with Gasteiger partial charge in [0.1, 0.15) is 17.7 Å². The lowest BCUT2D eigenvalue weighted by molar-refractivity contribution is -0.0604. The van der Waals surface area contributed by atoms with Crippen LogP contribution in [0.4, 0.5) is 4.39 Å². The lowest BCUT2D eigenvalue weighted by Crippen LogP contribution is -2.51. The van der Waals surface area contributed by atoms with E-state index in [1.165, 1.54) is 17.7 Å². The third kappa shape index (κ3) is 5.23. The van der Waals surface area contributed by atoms with E-state index < -0.39 is 0 Å². The minimum absolute atomic E-state index is 0.0592. The molecule has 2 atom stereocenters. The van der Waals surface area contributed by atoms with Gasteiger partial charge in [0, 0.05) is 20.1 Å². The Balaban J connectivity index is 1.58. The van der Waals surface area contributed by atoms with Gasteiger partial charge in [-0.3, -0.25) is 4.99 Å². The van der Waals surface area contributed by atoms with E-state index in [2.05, 4.69) is 27.3 Å². The average Bonchev–Trinajstić information content (AvgIpc) is 2.71. The molecule has 6 heteroatoms. The Bertz CT molecular complexity index is 777. The molecule has 0 radical (unpaired) electrons. The molecule has 2 aromatic rings. The molecule has 0 amide bonds. The third-order valence-corrected chi connectivity index (χ3v) is 4.87. The van der Waals surface area contributed by atoms with Crippen LogP contribution in [0.15, 0.2) is 53.5 Å². The van der Waals surface area contributed by atoms with E-state index in [-0.39, 0.29) is 18.0 Å². The van der Waals surface area contributed by atoms with Gasteiger partial charge in [0.15, 0.2) is 5.96 Å². The molecule has 1 N–H and O–H groups in total. The molecule has 1 heterocycles. The van der Waals surface area contributed by atoms with Gasteiger partial charge in [-0.2, -0.15) is 0 Å². The number of hydrogen-bond acceptors (Lipinski definition) is 3. The maximum Gasteiger partial charge on any atom is 0.193 e. The monoisotopic (exact) mass is 385 g/mol. The molecular weight excluding hydrogens is 357 g/mol. The van der Waals surface area contributed by atoms with Gasteiger partial charge in [-0.1, -0.05) is 24.3 Å². The first kappa shape index (κ1) is 20.1. The van der Waals surface area contributed by atoms with Gasteiger partial charge >= 0.3 is 0 Å². The first-order valence-corrected chi connectivity index (χ1v) is 9.58. The summed E-state index contributed by atoms with van der Waals surface area (Å²) in [5, 5.41) is 3.45. The van der Waals surface area contributed by atoms with E-state index in [1.54, 1.807) is 26.3 Å². The van der Waals surface area contributed by atoms with Crippen molar-refractivity contribution in [2.24, 2.45) is 4.99 Å². The van der Waals surface area contributed by atoms with E-state index in [1.807, 2.05) is 19.1 Å². The number of ether oxygens (including phenoxy) is 2. The van der Waals surface area contributed by atoms with Crippen LogP contribution in [0.1, 0.15) is 24.2 Å². The minimum Gasteiger partial charge on any atom is -0.497 e. The molecule has 1 aliphatic rings. The van der Waals surface area contributed by atoms with E-state index in [9.17, 15) is 4.39 Å². The van der Waals surface area contributed by atoms with Crippen molar-refractivity contribution in [1.29, 1.82) is 0 Å². The maximum atomic E-state index is 13.2. The van der Waals surface area contributed by atoms with Gasteiger partial charge in [0.2, 0.25) is 0 Å². The standard InChI is InChI=1S/C22H28FN3O2/c1-16-14-26(15-21(28-16)18-6-8-19(23)9-7-18)22(24-2)25-13-12-17-4-10-20(27-3)11-5-17/h4-11,16,21H,12-15H2,1-3H3,(H,24,25). The number of nitrogens with zero attached hydrogens (tertiary/aromatic N) is 2. The van der Waals surface area contributed by atoms with Crippen LogP contribution in [0.25, 0.3) is 0 Å². The molecule has 28 heavy (non-hydrogen) atoms. The third-order valence-electron chi connectivity index (χ3n) is 4.87. The van der Waals surface area contributed by atoms with Crippen LogP contribution in [-0.2, 0) is 11.2 Å². The molecule has 0 spiro atoms. The van der Waals surface area contributed by atoms with Crippen molar-refractivity contribution in [3.05, 3.63) is 65.5 Å². The first-order valence-electron chi connectivity index (χ1n) is 9.58. The van der Waals surface area contributed by atoms with Crippen LogP contribution in [0.3, 0.4) is 0 Å². The van der Waals surface area contributed by atoms with Crippen molar-refractivity contribution in [2.45, 2.75) is 25.6 Å². The number of aliphatic imine (C=N–C) groups is 1. The second-order valence-corrected chi connectivity index (χ2v) is 6.96. The number of hydrogen-bond donors (Lipinski definition) is 1. The SMILES string of the molecule is CN=C(NCCc1ccc(OC)cc1)N1CC(C)OC(c2ccc(F)cc2)C1. The van der Waals surface area contributed by atoms with Crippen LogP contribution < -0.4 is 10.1 Å². The summed E-state index contributed by atoms with van der Waals surface area (Å²) in [4.78, 5) is 6.65. The number of guanidine groups is 1. The van der Waals surface area contributed by atoms with Crippen molar-refractivity contribution in [3.8, 4) is 5.75 Å². The predicted molar refractivity (Wildman–Crippen MR) is 109 cm³/mol. The van der Waals surface area contributed by atoms with Crippen LogP contribution in [0, 0.1) is 5.82 Å². The normalized spacial score (nSPS) is 20.1. The molecule has 0 saturated carbocycles. The van der Waals surface area contributed by atoms with Crippen molar-refractivity contribution in [1.82, 2.24) is 10.2 Å². The van der Waals surface area contributed by atoms with Crippen molar-refractivity contribution in [3.63, 3.8) is 0 Å². The van der Waals surface area contributed by atoms with Gasteiger partial charge in [-0.15, -0.1) is 0 Å². The lowest BCUT2D eigenvalue weighted by atomic mass is 10.1. The Morgan fingerprint density at radius 1 is 1.18 bits per heavy atom. The summed E-state index contributed by atoms with van der Waals surface area (Å²) in [7, 11) is 3.46. The molecule has 2 unspecified atom stereocenters. The topological polar surface area (TPSA) is 46.1 Å². The van der Waals surface area contributed by atoms with Crippen LogP contribution >= 0.6 is 0 Å². The number of morpholine rings is 1. The fourth-order valence-corrected chi connectivity index (χ4v) is 3.43. The molecule has 3 rings (SSSR count). The molecule has 5 nitrogen and oxygen atoms in total. The van der Waals surface area contributed by atoms with E-state index in [4.69, 9.17) is 9.47 Å². The van der Waals surface area contributed by atoms with Gasteiger partial charge in [0.25, 0.3) is 0 Å². The van der Waals surface area contributed by atoms with E-state index in [0.717, 1.165) is 36.8 Å². The minimum atomic E-state index is -0.236. The van der Waals surface area contributed by atoms with Crippen molar-refractivity contribution in [2.75, 3.05) is 33.8 Å². The van der Waals surface area contributed by atoms with E-state index >= 15 is 0 Å². The molecule has 0 bridgehead atoms. The van der Waals surface area contributed by atoms with Gasteiger partial charge in [-0.25, -0.2) is 4.39 Å². The Hall–Kier alpha value is -2.60. The summed E-state index contributed by atoms with van der Waals surface area (Å²) in [6, 6.07) is 14.6. The number of rotatable bonds is 5. The molecule has 0 aliphatic carbocycles. The molecular formula is C22H28FN3O2. The number of halogens is 1. The number of benzene rings is 2. The Labute approximate surface area is 166 Å². The fourth-order valence-electron chi connectivity index (χ4n) is 3.43. The summed E-state index contributed by atoms with van der Waals surface area (Å²) >= 11 is 0. The second kappa shape index (κ2) is 9.55. The quantitative estimate of drug-likeness (QED) is 0.633. The average molecular weight is 385 g/mol. The Morgan fingerprint density at radius 3 is 2.54 bits per heavy atom. The van der Waals surface area contributed by atoms with Crippen molar-refractivity contribution >= 4 is 5.96 Å². The molecule has 1 fully saturated rings. The van der Waals surface area contributed by atoms with Gasteiger partial charge < -0.3 is 19.7 Å². The van der Waals surface area contributed by atoms with Crippen LogP contribution in [0.5, 0.6) is 5.75 Å². The molecule has 150 valence electrons. The molecule has 2 aromatic carbocycles. The summed E-state index contributed by atoms with van der Waals surface area (Å²) < 4.78 is 24.5. The highest BCUT2D eigenvalue weighted by Crippen LogP contribution is 2.25. The molecule has 1 saturated heterocycles. The molecule has 1 aliphatic heterocycles. The zero-order valence-corrected chi connectivity index (χ0v) is 16.7. The summed E-state index contributed by atoms with van der Waals surface area (Å²) in [5.41, 5.74) is 2.22. The van der Waals surface area contributed by atoms with Crippen molar-refractivity contribution < 1.29 is 13.9 Å². The smallest absolute Gasteiger partial charge is 0.193 e. The summed E-state index contributed by atoms with van der Waals surface area (Å²) in [5.74, 6) is 1.48. The number of nitrogens with one attached hydrogen (secondary N) is 1. The highest BCUT2D eigenvalue weighted by Gasteiger charge is 2.28. The largest absolute Gasteiger partial charge is 0.497 e. The lowest BCUT2D eigenvalue weighted by Gasteiger charge is -2.38. The highest BCUT2D eigenvalue weighted by molar-refractivity contribution is 5.80. The predicted octanol–water partition coefficient (Wildman–Crippen LogP) is 3.41. The second-order valence-electron chi connectivity index (χ2n) is 6.96. The van der Waals surface area contributed by atoms with Gasteiger partial charge in [-0.05, 0) is 48.7 Å². The number of methoxy groups -OCH3 is 1. The summed E-state index contributed by atoms with van der Waals surface area (Å²) in [6.45, 7) is 4.28. The van der Waals surface area contributed by atoms with E-state index in [0.29, 0.717) is 6.54 Å². The Kier molecular flexibility index (Phi) is 6.87. The zero-order valence-electron chi connectivity index (χ0n) is 16.7.